The maximum absolute atomic E-state index is 12.2. The highest BCUT2D eigenvalue weighted by Gasteiger charge is 2.31. The van der Waals surface area contributed by atoms with Crippen molar-refractivity contribution < 1.29 is 28.2 Å². The van der Waals surface area contributed by atoms with Crippen LogP contribution in [0.3, 0.4) is 0 Å². The van der Waals surface area contributed by atoms with Gasteiger partial charge in [0.05, 0.1) is 0 Å². The lowest BCUT2D eigenvalue weighted by molar-refractivity contribution is -0.140. The Kier molecular flexibility index (Phi) is 6.56. The third kappa shape index (κ3) is 5.60. The molecule has 1 aliphatic rings. The standard InChI is InChI=1S/C12H22N2O6S/c1-14(9-5-3-2-4-6-9)21(19,20)13-10(12(17)18)7-8-11(15)16/h9-10,13H,2-8H2,1H3,(H,15,16)(H,17,18). The third-order valence-corrected chi connectivity index (χ3v) is 5.34. The second-order valence-corrected chi connectivity index (χ2v) is 7.02. The molecule has 1 unspecified atom stereocenters. The fourth-order valence-corrected chi connectivity index (χ4v) is 3.75. The number of rotatable bonds is 8. The predicted molar refractivity (Wildman–Crippen MR) is 75.0 cm³/mol. The number of carboxylic acid groups (broad SMARTS) is 2. The van der Waals surface area contributed by atoms with Gasteiger partial charge < -0.3 is 10.2 Å². The van der Waals surface area contributed by atoms with Gasteiger partial charge in [-0.05, 0) is 19.3 Å². The zero-order valence-corrected chi connectivity index (χ0v) is 12.8. The van der Waals surface area contributed by atoms with Gasteiger partial charge in [0.1, 0.15) is 6.04 Å². The van der Waals surface area contributed by atoms with Crippen molar-refractivity contribution in [2.75, 3.05) is 7.05 Å². The molecule has 0 heterocycles. The molecule has 122 valence electrons. The Hall–Kier alpha value is -1.19. The van der Waals surface area contributed by atoms with E-state index in [0.717, 1.165) is 32.1 Å². The van der Waals surface area contributed by atoms with Gasteiger partial charge in [0, 0.05) is 19.5 Å². The molecule has 0 aromatic heterocycles. The Morgan fingerprint density at radius 3 is 2.29 bits per heavy atom. The molecule has 1 saturated carbocycles. The van der Waals surface area contributed by atoms with E-state index in [4.69, 9.17) is 10.2 Å². The lowest BCUT2D eigenvalue weighted by Gasteiger charge is -2.31. The first-order valence-electron chi connectivity index (χ1n) is 6.94. The van der Waals surface area contributed by atoms with Crippen LogP contribution in [-0.4, -0.2) is 54.0 Å². The summed E-state index contributed by atoms with van der Waals surface area (Å²) < 4.78 is 27.6. The van der Waals surface area contributed by atoms with Crippen LogP contribution >= 0.6 is 0 Å². The molecule has 1 aliphatic carbocycles. The highest BCUT2D eigenvalue weighted by Crippen LogP contribution is 2.23. The van der Waals surface area contributed by atoms with Gasteiger partial charge in [-0.25, -0.2) is 0 Å². The van der Waals surface area contributed by atoms with Crippen LogP contribution in [0, 0.1) is 0 Å². The van der Waals surface area contributed by atoms with Gasteiger partial charge in [-0.1, -0.05) is 19.3 Å². The second kappa shape index (κ2) is 7.71. The van der Waals surface area contributed by atoms with Crippen LogP contribution in [0.5, 0.6) is 0 Å². The van der Waals surface area contributed by atoms with E-state index < -0.39 is 34.6 Å². The zero-order valence-electron chi connectivity index (χ0n) is 12.0. The highest BCUT2D eigenvalue weighted by atomic mass is 32.2. The minimum absolute atomic E-state index is 0.134. The quantitative estimate of drug-likeness (QED) is 0.594. The van der Waals surface area contributed by atoms with Gasteiger partial charge in [-0.3, -0.25) is 9.59 Å². The Labute approximate surface area is 124 Å². The molecule has 1 fully saturated rings. The normalized spacial score (nSPS) is 18.6. The smallest absolute Gasteiger partial charge is 0.321 e. The van der Waals surface area contributed by atoms with Crippen molar-refractivity contribution in [2.45, 2.75) is 57.0 Å². The number of carbonyl (C=O) groups is 2. The molecule has 8 nitrogen and oxygen atoms in total. The Morgan fingerprint density at radius 1 is 1.24 bits per heavy atom. The summed E-state index contributed by atoms with van der Waals surface area (Å²) in [5.41, 5.74) is 0. The van der Waals surface area contributed by atoms with Crippen molar-refractivity contribution in [3.05, 3.63) is 0 Å². The van der Waals surface area contributed by atoms with Crippen molar-refractivity contribution in [1.29, 1.82) is 0 Å². The SMILES string of the molecule is CN(C1CCCCC1)S(=O)(=O)NC(CCC(=O)O)C(=O)O. The van der Waals surface area contributed by atoms with Crippen LogP contribution in [0.25, 0.3) is 0 Å². The van der Waals surface area contributed by atoms with E-state index in [0.29, 0.717) is 0 Å². The van der Waals surface area contributed by atoms with Crippen LogP contribution < -0.4 is 4.72 Å². The van der Waals surface area contributed by atoms with Crippen molar-refractivity contribution >= 4 is 22.1 Å². The van der Waals surface area contributed by atoms with Gasteiger partial charge in [0.2, 0.25) is 0 Å². The van der Waals surface area contributed by atoms with Gasteiger partial charge >= 0.3 is 11.9 Å². The lowest BCUT2D eigenvalue weighted by atomic mass is 9.96. The van der Waals surface area contributed by atoms with Crippen LogP contribution in [-0.2, 0) is 19.8 Å². The van der Waals surface area contributed by atoms with E-state index in [1.807, 2.05) is 0 Å². The third-order valence-electron chi connectivity index (χ3n) is 3.70. The molecule has 0 spiro atoms. The molecule has 0 aromatic rings. The van der Waals surface area contributed by atoms with Gasteiger partial charge in [0.25, 0.3) is 10.2 Å². The summed E-state index contributed by atoms with van der Waals surface area (Å²) in [5.74, 6) is -2.54. The summed E-state index contributed by atoms with van der Waals surface area (Å²) >= 11 is 0. The summed E-state index contributed by atoms with van der Waals surface area (Å²) in [5, 5.41) is 17.6. The predicted octanol–water partition coefficient (Wildman–Crippen LogP) is 0.403. The molecule has 0 amide bonds. The van der Waals surface area contributed by atoms with E-state index in [9.17, 15) is 18.0 Å². The largest absolute Gasteiger partial charge is 0.481 e. The maximum Gasteiger partial charge on any atom is 0.321 e. The molecule has 0 aromatic carbocycles. The molecule has 21 heavy (non-hydrogen) atoms. The molecular weight excluding hydrogens is 300 g/mol. The molecular formula is C12H22N2O6S. The van der Waals surface area contributed by atoms with Crippen molar-refractivity contribution in [2.24, 2.45) is 0 Å². The topological polar surface area (TPSA) is 124 Å². The monoisotopic (exact) mass is 322 g/mol. The minimum atomic E-state index is -3.94. The number of aliphatic carboxylic acids is 2. The van der Waals surface area contributed by atoms with Crippen LogP contribution in [0.4, 0.5) is 0 Å². The number of hydrogen-bond acceptors (Lipinski definition) is 4. The lowest BCUT2D eigenvalue weighted by Crippen LogP contribution is -2.50. The Balaban J connectivity index is 2.70. The molecule has 0 aliphatic heterocycles. The molecule has 1 atom stereocenters. The van der Waals surface area contributed by atoms with Crippen LogP contribution in [0.15, 0.2) is 0 Å². The summed E-state index contributed by atoms with van der Waals surface area (Å²) in [7, 11) is -2.52. The second-order valence-electron chi connectivity index (χ2n) is 5.25. The average molecular weight is 322 g/mol. The first-order chi connectivity index (χ1) is 9.74. The molecule has 3 N–H and O–H groups in total. The molecule has 9 heteroatoms. The summed E-state index contributed by atoms with van der Waals surface area (Å²) in [6, 6.07) is -1.57. The number of hydrogen-bond donors (Lipinski definition) is 3. The van der Waals surface area contributed by atoms with Gasteiger partial charge in [-0.2, -0.15) is 17.4 Å². The molecule has 1 rings (SSSR count). The maximum atomic E-state index is 12.2. The van der Waals surface area contributed by atoms with E-state index in [-0.39, 0.29) is 12.5 Å². The number of nitrogens with one attached hydrogen (secondary N) is 1. The first-order valence-corrected chi connectivity index (χ1v) is 8.38. The summed E-state index contributed by atoms with van der Waals surface area (Å²) in [6.45, 7) is 0. The Bertz CT molecular complexity index is 472. The fraction of sp³-hybridized carbons (Fsp3) is 0.833. The average Bonchev–Trinajstić information content (AvgIpc) is 2.43. The van der Waals surface area contributed by atoms with Crippen molar-refractivity contribution in [3.8, 4) is 0 Å². The van der Waals surface area contributed by atoms with E-state index in [2.05, 4.69) is 4.72 Å². The van der Waals surface area contributed by atoms with Crippen molar-refractivity contribution in [1.82, 2.24) is 9.03 Å². The van der Waals surface area contributed by atoms with E-state index in [1.54, 1.807) is 0 Å². The molecule has 0 saturated heterocycles. The first kappa shape index (κ1) is 17.9. The van der Waals surface area contributed by atoms with E-state index >= 15 is 0 Å². The zero-order chi connectivity index (χ0) is 16.0. The molecule has 0 radical (unpaired) electrons. The molecule has 0 bridgehead atoms. The fourth-order valence-electron chi connectivity index (χ4n) is 2.40. The summed E-state index contributed by atoms with van der Waals surface area (Å²) in [4.78, 5) is 21.5. The highest BCUT2D eigenvalue weighted by molar-refractivity contribution is 7.87. The van der Waals surface area contributed by atoms with Crippen LogP contribution in [0.2, 0.25) is 0 Å². The minimum Gasteiger partial charge on any atom is -0.481 e. The summed E-state index contributed by atoms with van der Waals surface area (Å²) in [6.07, 6.45) is 3.79. The number of nitrogens with zero attached hydrogens (tertiary/aromatic N) is 1. The van der Waals surface area contributed by atoms with E-state index in [1.165, 1.54) is 11.4 Å². The number of carboxylic acids is 2. The van der Waals surface area contributed by atoms with Gasteiger partial charge in [-0.15, -0.1) is 0 Å². The van der Waals surface area contributed by atoms with Crippen molar-refractivity contribution in [3.63, 3.8) is 0 Å². The Morgan fingerprint density at radius 2 is 1.81 bits per heavy atom. The van der Waals surface area contributed by atoms with Gasteiger partial charge in [0.15, 0.2) is 0 Å². The van der Waals surface area contributed by atoms with Crippen LogP contribution in [0.1, 0.15) is 44.9 Å².